The van der Waals surface area contributed by atoms with Gasteiger partial charge in [0.25, 0.3) is 0 Å². The summed E-state index contributed by atoms with van der Waals surface area (Å²) in [6.07, 6.45) is 2.64. The molecule has 2 unspecified atom stereocenters. The third-order valence-electron chi connectivity index (χ3n) is 3.24. The van der Waals surface area contributed by atoms with E-state index < -0.39 is 5.97 Å². The van der Waals surface area contributed by atoms with Gasteiger partial charge in [-0.05, 0) is 24.8 Å². The number of benzene rings is 1. The number of carboxylic acid groups (broad SMARTS) is 1. The molecule has 1 aromatic carbocycles. The van der Waals surface area contributed by atoms with Gasteiger partial charge in [0, 0.05) is 11.5 Å². The minimum atomic E-state index is -0.741. The largest absolute Gasteiger partial charge is 0.496 e. The molecule has 1 fully saturated rings. The van der Waals surface area contributed by atoms with Crippen molar-refractivity contribution in [3.05, 3.63) is 17.7 Å². The number of aliphatic carboxylic acids is 1. The van der Waals surface area contributed by atoms with E-state index in [9.17, 15) is 4.79 Å². The molecule has 0 radical (unpaired) electrons. The quantitative estimate of drug-likeness (QED) is 0.832. The maximum absolute atomic E-state index is 10.9. The van der Waals surface area contributed by atoms with Gasteiger partial charge in [0.2, 0.25) is 0 Å². The van der Waals surface area contributed by atoms with E-state index in [0.717, 1.165) is 22.0 Å². The monoisotopic (exact) mass is 268 g/mol. The molecule has 1 aliphatic rings. The predicted octanol–water partition coefficient (Wildman–Crippen LogP) is 2.61. The molecule has 2 atom stereocenters. The Morgan fingerprint density at radius 3 is 2.44 bits per heavy atom. The van der Waals surface area contributed by atoms with Crippen molar-refractivity contribution < 1.29 is 19.4 Å². The number of methoxy groups -OCH3 is 2. The normalized spacial score (nSPS) is 21.5. The predicted molar refractivity (Wildman–Crippen MR) is 69.8 cm³/mol. The van der Waals surface area contributed by atoms with E-state index in [1.807, 2.05) is 18.4 Å². The molecule has 1 aliphatic carbocycles. The number of hydrogen-bond acceptors (Lipinski definition) is 4. The summed E-state index contributed by atoms with van der Waals surface area (Å²) in [7, 11) is 3.22. The van der Waals surface area contributed by atoms with E-state index in [2.05, 4.69) is 0 Å². The van der Waals surface area contributed by atoms with Gasteiger partial charge < -0.3 is 14.6 Å². The molecule has 18 heavy (non-hydrogen) atoms. The highest BCUT2D eigenvalue weighted by Crippen LogP contribution is 2.52. The van der Waals surface area contributed by atoms with Gasteiger partial charge in [-0.25, -0.2) is 0 Å². The zero-order valence-electron chi connectivity index (χ0n) is 10.6. The first-order valence-electron chi connectivity index (χ1n) is 5.65. The highest BCUT2D eigenvalue weighted by Gasteiger charge is 2.45. The summed E-state index contributed by atoms with van der Waals surface area (Å²) < 4.78 is 10.7. The van der Waals surface area contributed by atoms with Crippen molar-refractivity contribution in [2.75, 3.05) is 20.5 Å². The molecule has 1 saturated carbocycles. The number of thioether (sulfide) groups is 1. The lowest BCUT2D eigenvalue weighted by Crippen LogP contribution is -2.01. The molecule has 0 aliphatic heterocycles. The summed E-state index contributed by atoms with van der Waals surface area (Å²) in [4.78, 5) is 11.9. The van der Waals surface area contributed by atoms with Crippen LogP contribution in [0.1, 0.15) is 17.9 Å². The van der Waals surface area contributed by atoms with Gasteiger partial charge in [-0.3, -0.25) is 4.79 Å². The van der Waals surface area contributed by atoms with E-state index in [0.29, 0.717) is 6.42 Å². The molecular formula is C13H16O4S. The van der Waals surface area contributed by atoms with E-state index >= 15 is 0 Å². The van der Waals surface area contributed by atoms with Gasteiger partial charge in [-0.2, -0.15) is 0 Å². The van der Waals surface area contributed by atoms with Crippen molar-refractivity contribution in [1.29, 1.82) is 0 Å². The molecule has 98 valence electrons. The van der Waals surface area contributed by atoms with Gasteiger partial charge in [0.1, 0.15) is 11.5 Å². The van der Waals surface area contributed by atoms with Crippen LogP contribution in [0, 0.1) is 5.92 Å². The number of carboxylic acids is 1. The first kappa shape index (κ1) is 13.1. The van der Waals surface area contributed by atoms with Gasteiger partial charge >= 0.3 is 5.97 Å². The van der Waals surface area contributed by atoms with Crippen LogP contribution in [-0.4, -0.2) is 31.6 Å². The van der Waals surface area contributed by atoms with Crippen LogP contribution < -0.4 is 9.47 Å². The summed E-state index contributed by atoms with van der Waals surface area (Å²) in [5, 5.41) is 9.00. The highest BCUT2D eigenvalue weighted by molar-refractivity contribution is 7.98. The Hall–Kier alpha value is -1.36. The Bertz CT molecular complexity index is 472. The summed E-state index contributed by atoms with van der Waals surface area (Å²) in [6.45, 7) is 0. The minimum absolute atomic E-state index is 0.0438. The first-order chi connectivity index (χ1) is 8.62. The van der Waals surface area contributed by atoms with Crippen LogP contribution in [0.5, 0.6) is 11.5 Å². The zero-order valence-corrected chi connectivity index (χ0v) is 11.4. The molecular weight excluding hydrogens is 252 g/mol. The average molecular weight is 268 g/mol. The van der Waals surface area contributed by atoms with Crippen molar-refractivity contribution in [2.24, 2.45) is 5.92 Å². The fraction of sp³-hybridized carbons (Fsp3) is 0.462. The van der Waals surface area contributed by atoms with Crippen LogP contribution in [-0.2, 0) is 4.79 Å². The third-order valence-corrected chi connectivity index (χ3v) is 4.00. The molecule has 1 aromatic rings. The summed E-state index contributed by atoms with van der Waals surface area (Å²) >= 11 is 1.58. The fourth-order valence-corrected chi connectivity index (χ4v) is 2.72. The van der Waals surface area contributed by atoms with Crippen LogP contribution in [0.4, 0.5) is 0 Å². The van der Waals surface area contributed by atoms with E-state index in [1.54, 1.807) is 26.0 Å². The minimum Gasteiger partial charge on any atom is -0.496 e. The van der Waals surface area contributed by atoms with E-state index in [-0.39, 0.29) is 11.8 Å². The summed E-state index contributed by atoms with van der Waals surface area (Å²) in [5.41, 5.74) is 0.930. The standard InChI is InChI=1S/C13H16O4S/c1-16-10-6-12(18-3)11(17-2)5-8(10)7-4-9(7)13(14)15/h5-7,9H,4H2,1-3H3,(H,14,15). The summed E-state index contributed by atoms with van der Waals surface area (Å²) in [6, 6.07) is 3.81. The van der Waals surface area contributed by atoms with Crippen molar-refractivity contribution in [1.82, 2.24) is 0 Å². The van der Waals surface area contributed by atoms with Crippen LogP contribution >= 0.6 is 11.8 Å². The van der Waals surface area contributed by atoms with Crippen LogP contribution in [0.2, 0.25) is 0 Å². The molecule has 5 heteroatoms. The number of ether oxygens (including phenoxy) is 2. The van der Waals surface area contributed by atoms with Gasteiger partial charge in [0.05, 0.1) is 25.0 Å². The Kier molecular flexibility index (Phi) is 3.71. The molecule has 1 N–H and O–H groups in total. The average Bonchev–Trinajstić information content (AvgIpc) is 3.17. The third kappa shape index (κ3) is 2.27. The van der Waals surface area contributed by atoms with Crippen LogP contribution in [0.25, 0.3) is 0 Å². The molecule has 0 heterocycles. The van der Waals surface area contributed by atoms with Gasteiger partial charge in [-0.1, -0.05) is 0 Å². The Balaban J connectivity index is 2.38. The van der Waals surface area contributed by atoms with Crippen LogP contribution in [0.15, 0.2) is 17.0 Å². The first-order valence-corrected chi connectivity index (χ1v) is 6.87. The highest BCUT2D eigenvalue weighted by atomic mass is 32.2. The smallest absolute Gasteiger partial charge is 0.307 e. The van der Waals surface area contributed by atoms with Crippen molar-refractivity contribution >= 4 is 17.7 Å². The Labute approximate surface area is 110 Å². The molecule has 0 amide bonds. The lowest BCUT2D eigenvalue weighted by atomic mass is 10.1. The molecule has 0 aromatic heterocycles. The van der Waals surface area contributed by atoms with Gasteiger partial charge in [-0.15, -0.1) is 11.8 Å². The number of hydrogen-bond donors (Lipinski definition) is 1. The second kappa shape index (κ2) is 5.10. The molecule has 0 spiro atoms. The Morgan fingerprint density at radius 2 is 2.00 bits per heavy atom. The lowest BCUT2D eigenvalue weighted by molar-refractivity contribution is -0.138. The zero-order chi connectivity index (χ0) is 13.3. The second-order valence-electron chi connectivity index (χ2n) is 4.24. The van der Waals surface area contributed by atoms with Gasteiger partial charge in [0.15, 0.2) is 0 Å². The summed E-state index contributed by atoms with van der Waals surface area (Å²) in [5.74, 6) is 0.532. The SMILES string of the molecule is COc1cc(C2CC2C(=O)O)c(OC)cc1SC. The van der Waals surface area contributed by atoms with Crippen LogP contribution in [0.3, 0.4) is 0 Å². The van der Waals surface area contributed by atoms with Crippen molar-refractivity contribution in [2.45, 2.75) is 17.2 Å². The van der Waals surface area contributed by atoms with Crippen molar-refractivity contribution in [3.63, 3.8) is 0 Å². The Morgan fingerprint density at radius 1 is 1.33 bits per heavy atom. The lowest BCUT2D eigenvalue weighted by Gasteiger charge is -2.13. The maximum Gasteiger partial charge on any atom is 0.307 e. The number of rotatable bonds is 5. The molecule has 0 saturated heterocycles. The molecule has 0 bridgehead atoms. The number of carbonyl (C=O) groups is 1. The van der Waals surface area contributed by atoms with Crippen molar-refractivity contribution in [3.8, 4) is 11.5 Å². The maximum atomic E-state index is 10.9. The second-order valence-corrected chi connectivity index (χ2v) is 5.08. The fourth-order valence-electron chi connectivity index (χ4n) is 2.15. The van der Waals surface area contributed by atoms with E-state index in [4.69, 9.17) is 14.6 Å². The topological polar surface area (TPSA) is 55.8 Å². The van der Waals surface area contributed by atoms with E-state index in [1.165, 1.54) is 0 Å². The molecule has 4 nitrogen and oxygen atoms in total. The molecule has 2 rings (SSSR count).